The Labute approximate surface area is 265 Å². The molecule has 11 nitrogen and oxygen atoms in total. The number of rotatable bonds is 15. The monoisotopic (exact) mass is 655 g/mol. The van der Waals surface area contributed by atoms with Gasteiger partial charge in [0.2, 0.25) is 5.95 Å². The van der Waals surface area contributed by atoms with E-state index in [4.69, 9.17) is 31.3 Å². The molecule has 0 fully saturated rings. The minimum atomic E-state index is -4.48. The van der Waals surface area contributed by atoms with Crippen LogP contribution in [0.2, 0.25) is 5.02 Å². The second kappa shape index (κ2) is 15.0. The number of H-pyrrole nitrogens is 2. The van der Waals surface area contributed by atoms with E-state index < -0.39 is 11.7 Å². The number of benzene rings is 3. The van der Waals surface area contributed by atoms with Crippen LogP contribution >= 0.6 is 11.6 Å². The summed E-state index contributed by atoms with van der Waals surface area (Å²) in [6, 6.07) is 17.2. The summed E-state index contributed by atoms with van der Waals surface area (Å²) < 4.78 is 57.3. The smallest absolute Gasteiger partial charge is 0.416 e. The highest BCUT2D eigenvalue weighted by atomic mass is 35.5. The molecule has 0 atom stereocenters. The zero-order valence-electron chi connectivity index (χ0n) is 24.4. The lowest BCUT2D eigenvalue weighted by Crippen LogP contribution is -2.18. The molecule has 5 rings (SSSR count). The fraction of sp³-hybridized carbons (Fsp3) is 0.290. The average molecular weight is 656 g/mol. The number of aromatic amines is 2. The van der Waals surface area contributed by atoms with Gasteiger partial charge in [0, 0.05) is 22.0 Å². The largest absolute Gasteiger partial charge is 0.491 e. The lowest BCUT2D eigenvalue weighted by Gasteiger charge is -2.09. The van der Waals surface area contributed by atoms with E-state index in [1.807, 2.05) is 24.3 Å². The molecular formula is C31H29ClF3N7O4. The molecular weight excluding hydrogens is 627 g/mol. The van der Waals surface area contributed by atoms with E-state index >= 15 is 0 Å². The highest BCUT2D eigenvalue weighted by molar-refractivity contribution is 6.31. The van der Waals surface area contributed by atoms with E-state index in [0.717, 1.165) is 17.7 Å². The molecule has 3 aromatic carbocycles. The second-order valence-electron chi connectivity index (χ2n) is 10.1. The molecule has 0 bridgehead atoms. The number of ether oxygens (including phenoxy) is 3. The first-order chi connectivity index (χ1) is 22.2. The number of nitrogens with one attached hydrogen (secondary N) is 2. The van der Waals surface area contributed by atoms with Crippen molar-refractivity contribution in [2.75, 3.05) is 39.6 Å². The molecule has 46 heavy (non-hydrogen) atoms. The van der Waals surface area contributed by atoms with E-state index in [0.29, 0.717) is 84.5 Å². The number of aryl methyl sites for hydroxylation is 1. The number of imidazole rings is 1. The third-order valence-corrected chi connectivity index (χ3v) is 7.22. The Hall–Kier alpha value is -4.75. The Bertz CT molecular complexity index is 1860. The van der Waals surface area contributed by atoms with Gasteiger partial charge in [-0.05, 0) is 72.0 Å². The topological polar surface area (TPSA) is 143 Å². The highest BCUT2D eigenvalue weighted by Gasteiger charge is 2.30. The van der Waals surface area contributed by atoms with Gasteiger partial charge < -0.3 is 19.2 Å². The van der Waals surface area contributed by atoms with Gasteiger partial charge in [-0.25, -0.2) is 4.98 Å². The zero-order chi connectivity index (χ0) is 32.5. The molecule has 2 aromatic heterocycles. The SMILES string of the molecule is [N-]=[N+]=NCCOCCOCCOc1ccc(CCc2c(-c3ccc(C(F)(F)F)cc3)[nH]n(-c3nc4ccc(Cl)cc4[nH]3)c2=O)cc1. The first kappa shape index (κ1) is 32.6. The third kappa shape index (κ3) is 8.29. The van der Waals surface area contributed by atoms with Crippen LogP contribution in [0.3, 0.4) is 0 Å². The highest BCUT2D eigenvalue weighted by Crippen LogP contribution is 2.31. The number of fused-ring (bicyclic) bond motifs is 1. The Morgan fingerprint density at radius 2 is 1.65 bits per heavy atom. The van der Waals surface area contributed by atoms with Crippen LogP contribution in [-0.4, -0.2) is 59.3 Å². The predicted octanol–water partition coefficient (Wildman–Crippen LogP) is 6.89. The van der Waals surface area contributed by atoms with E-state index in [9.17, 15) is 18.0 Å². The predicted molar refractivity (Wildman–Crippen MR) is 166 cm³/mol. The second-order valence-corrected chi connectivity index (χ2v) is 10.5. The van der Waals surface area contributed by atoms with Crippen molar-refractivity contribution in [3.05, 3.63) is 109 Å². The molecule has 5 aromatic rings. The molecule has 2 N–H and O–H groups in total. The van der Waals surface area contributed by atoms with Crippen LogP contribution in [0.25, 0.3) is 38.7 Å². The van der Waals surface area contributed by atoms with E-state index in [1.54, 1.807) is 18.2 Å². The van der Waals surface area contributed by atoms with Crippen molar-refractivity contribution in [2.45, 2.75) is 19.0 Å². The quantitative estimate of drug-likeness (QED) is 0.0547. The maximum Gasteiger partial charge on any atom is 0.416 e. The van der Waals surface area contributed by atoms with Gasteiger partial charge in [0.05, 0.1) is 48.7 Å². The molecule has 0 saturated carbocycles. The Kier molecular flexibility index (Phi) is 10.7. The molecule has 0 unspecified atom stereocenters. The summed E-state index contributed by atoms with van der Waals surface area (Å²) in [7, 11) is 0. The van der Waals surface area contributed by atoms with Crippen molar-refractivity contribution in [3.8, 4) is 23.0 Å². The fourth-order valence-electron chi connectivity index (χ4n) is 4.70. The molecule has 0 saturated heterocycles. The maximum absolute atomic E-state index is 13.7. The first-order valence-electron chi connectivity index (χ1n) is 14.3. The molecule has 0 aliphatic heterocycles. The van der Waals surface area contributed by atoms with Crippen molar-refractivity contribution >= 4 is 22.6 Å². The summed E-state index contributed by atoms with van der Waals surface area (Å²) in [5, 5.41) is 6.93. The lowest BCUT2D eigenvalue weighted by molar-refractivity contribution is -0.137. The van der Waals surface area contributed by atoms with Crippen molar-refractivity contribution in [1.82, 2.24) is 19.7 Å². The Morgan fingerprint density at radius 1 is 0.935 bits per heavy atom. The van der Waals surface area contributed by atoms with Crippen LogP contribution in [0.1, 0.15) is 16.7 Å². The summed E-state index contributed by atoms with van der Waals surface area (Å²) in [6.07, 6.45) is -3.69. The first-order valence-corrected chi connectivity index (χ1v) is 14.7. The van der Waals surface area contributed by atoms with Gasteiger partial charge in [-0.15, -0.1) is 0 Å². The van der Waals surface area contributed by atoms with Crippen LogP contribution in [0.15, 0.2) is 76.6 Å². The molecule has 2 heterocycles. The van der Waals surface area contributed by atoms with Crippen LogP contribution < -0.4 is 10.3 Å². The molecule has 240 valence electrons. The lowest BCUT2D eigenvalue weighted by atomic mass is 10.0. The number of azide groups is 1. The van der Waals surface area contributed by atoms with Crippen LogP contribution in [0.5, 0.6) is 5.75 Å². The number of hydrogen-bond acceptors (Lipinski definition) is 6. The van der Waals surface area contributed by atoms with E-state index in [1.165, 1.54) is 16.8 Å². The van der Waals surface area contributed by atoms with Crippen molar-refractivity contribution in [2.24, 2.45) is 5.11 Å². The van der Waals surface area contributed by atoms with Crippen molar-refractivity contribution < 1.29 is 27.4 Å². The molecule has 15 heteroatoms. The van der Waals surface area contributed by atoms with E-state index in [-0.39, 0.29) is 18.1 Å². The zero-order valence-corrected chi connectivity index (χ0v) is 25.1. The Morgan fingerprint density at radius 3 is 2.37 bits per heavy atom. The molecule has 0 aliphatic rings. The van der Waals surface area contributed by atoms with Gasteiger partial charge in [0.1, 0.15) is 12.4 Å². The van der Waals surface area contributed by atoms with E-state index in [2.05, 4.69) is 25.1 Å². The summed E-state index contributed by atoms with van der Waals surface area (Å²) in [4.78, 5) is 23.9. The maximum atomic E-state index is 13.7. The third-order valence-electron chi connectivity index (χ3n) is 6.99. The summed E-state index contributed by atoms with van der Waals surface area (Å²) >= 11 is 6.10. The Balaban J connectivity index is 1.26. The van der Waals surface area contributed by atoms with Gasteiger partial charge in [-0.3, -0.25) is 9.89 Å². The number of halogens is 4. The van der Waals surface area contributed by atoms with Gasteiger partial charge in [-0.2, -0.15) is 17.9 Å². The van der Waals surface area contributed by atoms with Crippen LogP contribution in [-0.2, 0) is 28.5 Å². The summed E-state index contributed by atoms with van der Waals surface area (Å²) in [6.45, 7) is 2.09. The summed E-state index contributed by atoms with van der Waals surface area (Å²) in [5.74, 6) is 0.877. The van der Waals surface area contributed by atoms with Crippen LogP contribution in [0, 0.1) is 0 Å². The minimum Gasteiger partial charge on any atom is -0.491 e. The van der Waals surface area contributed by atoms with Gasteiger partial charge in [-0.1, -0.05) is 41.0 Å². The molecule has 0 spiro atoms. The normalized spacial score (nSPS) is 11.6. The van der Waals surface area contributed by atoms with Crippen molar-refractivity contribution in [3.63, 3.8) is 0 Å². The standard InChI is InChI=1S/C31H29ClF3N7O4/c32-23-8-12-26-27(19-23)39-30(38-26)42-29(43)25(28(40-42)21-4-6-22(7-5-21)31(33,34)35)11-3-20-1-9-24(10-2-20)46-18-17-45-16-15-44-14-13-37-41-36/h1-2,4-10,12,19,40H,3,11,13-18H2,(H,38,39). The van der Waals surface area contributed by atoms with Crippen molar-refractivity contribution in [1.29, 1.82) is 0 Å². The molecule has 0 radical (unpaired) electrons. The fourth-order valence-corrected chi connectivity index (χ4v) is 4.88. The number of nitrogens with zero attached hydrogens (tertiary/aromatic N) is 5. The summed E-state index contributed by atoms with van der Waals surface area (Å²) in [5.41, 5.74) is 10.5. The van der Waals surface area contributed by atoms with Gasteiger partial charge >= 0.3 is 6.18 Å². The average Bonchev–Trinajstić information content (AvgIpc) is 3.61. The molecule has 0 aliphatic carbocycles. The van der Waals surface area contributed by atoms with Gasteiger partial charge in [0.25, 0.3) is 5.56 Å². The molecule has 0 amide bonds. The minimum absolute atomic E-state index is 0.227. The number of alkyl halides is 3. The number of hydrogen-bond donors (Lipinski definition) is 2. The number of aromatic nitrogens is 4. The van der Waals surface area contributed by atoms with Gasteiger partial charge in [0.15, 0.2) is 0 Å². The van der Waals surface area contributed by atoms with Crippen LogP contribution in [0.4, 0.5) is 13.2 Å².